The molecule has 0 fully saturated rings. The normalized spacial score (nSPS) is 10.9. The molecule has 4 rings (SSSR count). The SMILES string of the molecule is CCCn1c(=O)c2[nH]c(-c3cc(OCC#Cc4ccc(C)cc4)no3)nc2n(CCC)c1=O. The van der Waals surface area contributed by atoms with Crippen LogP contribution in [0.3, 0.4) is 0 Å². The number of ether oxygens (including phenoxy) is 1. The summed E-state index contributed by atoms with van der Waals surface area (Å²) in [7, 11) is 0. The number of aromatic amines is 1. The van der Waals surface area contributed by atoms with Gasteiger partial charge in [-0.05, 0) is 37.1 Å². The predicted octanol–water partition coefficient (Wildman–Crippen LogP) is 3.10. The molecule has 9 nitrogen and oxygen atoms in total. The number of imidazole rings is 1. The fourth-order valence-corrected chi connectivity index (χ4v) is 3.45. The number of fused-ring (bicyclic) bond motifs is 1. The van der Waals surface area contributed by atoms with Gasteiger partial charge in [-0.25, -0.2) is 9.78 Å². The van der Waals surface area contributed by atoms with Crippen molar-refractivity contribution in [2.45, 2.75) is 46.7 Å². The van der Waals surface area contributed by atoms with E-state index in [1.54, 1.807) is 6.07 Å². The molecule has 0 aliphatic carbocycles. The van der Waals surface area contributed by atoms with Gasteiger partial charge in [0.1, 0.15) is 0 Å². The highest BCUT2D eigenvalue weighted by molar-refractivity contribution is 5.74. The summed E-state index contributed by atoms with van der Waals surface area (Å²) in [5, 5.41) is 3.89. The zero-order valence-electron chi connectivity index (χ0n) is 18.8. The zero-order valence-corrected chi connectivity index (χ0v) is 18.8. The van der Waals surface area contributed by atoms with Crippen molar-refractivity contribution in [3.05, 3.63) is 62.3 Å². The van der Waals surface area contributed by atoms with Gasteiger partial charge in [0.05, 0.1) is 6.07 Å². The summed E-state index contributed by atoms with van der Waals surface area (Å²) in [5.74, 6) is 6.80. The first-order valence-corrected chi connectivity index (χ1v) is 10.9. The molecule has 170 valence electrons. The third-order valence-corrected chi connectivity index (χ3v) is 5.05. The van der Waals surface area contributed by atoms with Crippen molar-refractivity contribution in [3.63, 3.8) is 0 Å². The van der Waals surface area contributed by atoms with E-state index in [-0.39, 0.29) is 23.7 Å². The maximum atomic E-state index is 12.8. The summed E-state index contributed by atoms with van der Waals surface area (Å²) in [6.07, 6.45) is 1.40. The summed E-state index contributed by atoms with van der Waals surface area (Å²) in [5.41, 5.74) is 1.88. The molecule has 3 heterocycles. The summed E-state index contributed by atoms with van der Waals surface area (Å²) in [6.45, 7) is 6.83. The molecule has 9 heteroatoms. The van der Waals surface area contributed by atoms with Crippen LogP contribution in [-0.2, 0) is 13.1 Å². The van der Waals surface area contributed by atoms with E-state index in [0.717, 1.165) is 12.0 Å². The van der Waals surface area contributed by atoms with Gasteiger partial charge in [0.2, 0.25) is 5.76 Å². The fourth-order valence-electron chi connectivity index (χ4n) is 3.45. The number of rotatable bonds is 7. The van der Waals surface area contributed by atoms with Crippen molar-refractivity contribution in [2.75, 3.05) is 6.61 Å². The number of nitrogens with zero attached hydrogens (tertiary/aromatic N) is 4. The van der Waals surface area contributed by atoms with Crippen LogP contribution < -0.4 is 16.0 Å². The van der Waals surface area contributed by atoms with E-state index in [4.69, 9.17) is 9.26 Å². The van der Waals surface area contributed by atoms with Gasteiger partial charge in [-0.1, -0.05) is 43.4 Å². The second-order valence-corrected chi connectivity index (χ2v) is 7.66. The van der Waals surface area contributed by atoms with Gasteiger partial charge in [0.15, 0.2) is 23.6 Å². The predicted molar refractivity (Wildman–Crippen MR) is 124 cm³/mol. The highest BCUT2D eigenvalue weighted by atomic mass is 16.5. The third kappa shape index (κ3) is 4.60. The van der Waals surface area contributed by atoms with Crippen LogP contribution >= 0.6 is 0 Å². The molecule has 3 aromatic heterocycles. The van der Waals surface area contributed by atoms with Gasteiger partial charge >= 0.3 is 5.69 Å². The molecule has 0 aliphatic rings. The van der Waals surface area contributed by atoms with E-state index in [0.29, 0.717) is 36.7 Å². The molecule has 0 aliphatic heterocycles. The molecule has 1 N–H and O–H groups in total. The van der Waals surface area contributed by atoms with Gasteiger partial charge in [0.25, 0.3) is 11.4 Å². The molecule has 0 saturated carbocycles. The largest absolute Gasteiger partial charge is 0.462 e. The number of aromatic nitrogens is 5. The lowest BCUT2D eigenvalue weighted by atomic mass is 10.2. The maximum Gasteiger partial charge on any atom is 0.332 e. The third-order valence-electron chi connectivity index (χ3n) is 5.05. The molecule has 33 heavy (non-hydrogen) atoms. The first-order valence-electron chi connectivity index (χ1n) is 10.9. The van der Waals surface area contributed by atoms with E-state index >= 15 is 0 Å². The molecule has 0 amide bonds. The number of nitrogens with one attached hydrogen (secondary N) is 1. The molecule has 0 atom stereocenters. The Bertz CT molecular complexity index is 1440. The number of hydrogen-bond acceptors (Lipinski definition) is 6. The van der Waals surface area contributed by atoms with Crippen molar-refractivity contribution in [1.29, 1.82) is 0 Å². The van der Waals surface area contributed by atoms with E-state index in [1.165, 1.54) is 14.7 Å². The standard InChI is InChI=1S/C24H25N5O4/c1-4-12-28-22-20(23(30)29(13-5-2)24(28)31)25-21(26-22)18-15-19(27-33-18)32-14-6-7-17-10-8-16(3)9-11-17/h8-11,15H,4-5,12-14H2,1-3H3,(H,25,26). The lowest BCUT2D eigenvalue weighted by molar-refractivity contribution is 0.316. The minimum absolute atomic E-state index is 0.137. The van der Waals surface area contributed by atoms with Crippen LogP contribution in [-0.4, -0.2) is 30.9 Å². The molecular weight excluding hydrogens is 422 g/mol. The average Bonchev–Trinajstić information content (AvgIpc) is 3.46. The molecule has 0 saturated heterocycles. The Labute approximate surface area is 190 Å². The second-order valence-electron chi connectivity index (χ2n) is 7.66. The Hall–Kier alpha value is -4.06. The first kappa shape index (κ1) is 22.1. The van der Waals surface area contributed by atoms with Gasteiger partial charge < -0.3 is 14.2 Å². The lowest BCUT2D eigenvalue weighted by Crippen LogP contribution is -2.40. The summed E-state index contributed by atoms with van der Waals surface area (Å²) < 4.78 is 13.6. The van der Waals surface area contributed by atoms with Gasteiger partial charge in [-0.2, -0.15) is 0 Å². The summed E-state index contributed by atoms with van der Waals surface area (Å²) in [4.78, 5) is 33.1. The smallest absolute Gasteiger partial charge is 0.332 e. The first-order chi connectivity index (χ1) is 16.0. The van der Waals surface area contributed by atoms with Crippen molar-refractivity contribution < 1.29 is 9.26 Å². The molecule has 1 aromatic carbocycles. The second kappa shape index (κ2) is 9.61. The monoisotopic (exact) mass is 447 g/mol. The Balaban J connectivity index is 1.58. The van der Waals surface area contributed by atoms with Crippen molar-refractivity contribution in [3.8, 4) is 29.3 Å². The zero-order chi connectivity index (χ0) is 23.4. The molecule has 0 spiro atoms. The highest BCUT2D eigenvalue weighted by Gasteiger charge is 2.19. The van der Waals surface area contributed by atoms with E-state index in [9.17, 15) is 9.59 Å². The maximum absolute atomic E-state index is 12.8. The lowest BCUT2D eigenvalue weighted by Gasteiger charge is -2.09. The summed E-state index contributed by atoms with van der Waals surface area (Å²) >= 11 is 0. The van der Waals surface area contributed by atoms with Crippen molar-refractivity contribution in [1.82, 2.24) is 24.3 Å². The van der Waals surface area contributed by atoms with Crippen LogP contribution in [0.1, 0.15) is 37.8 Å². The summed E-state index contributed by atoms with van der Waals surface area (Å²) in [6, 6.07) is 9.46. The van der Waals surface area contributed by atoms with Crippen molar-refractivity contribution >= 4 is 11.2 Å². The van der Waals surface area contributed by atoms with Gasteiger partial charge in [-0.15, -0.1) is 0 Å². The number of aryl methyl sites for hydroxylation is 2. The van der Waals surface area contributed by atoms with E-state index in [1.807, 2.05) is 45.0 Å². The molecule has 0 radical (unpaired) electrons. The number of benzene rings is 1. The van der Waals surface area contributed by atoms with Gasteiger partial charge in [0, 0.05) is 18.7 Å². The highest BCUT2D eigenvalue weighted by Crippen LogP contribution is 2.22. The average molecular weight is 447 g/mol. The van der Waals surface area contributed by atoms with Crippen LogP contribution in [0.5, 0.6) is 5.88 Å². The van der Waals surface area contributed by atoms with Crippen LogP contribution in [0.25, 0.3) is 22.7 Å². The topological polar surface area (TPSA) is 108 Å². The minimum atomic E-state index is -0.398. The molecule has 0 bridgehead atoms. The number of H-pyrrole nitrogens is 1. The minimum Gasteiger partial charge on any atom is -0.462 e. The van der Waals surface area contributed by atoms with Gasteiger partial charge in [-0.3, -0.25) is 13.9 Å². The van der Waals surface area contributed by atoms with Crippen LogP contribution in [0.2, 0.25) is 0 Å². The Kier molecular flexibility index (Phi) is 6.45. The fraction of sp³-hybridized carbons (Fsp3) is 0.333. The quantitative estimate of drug-likeness (QED) is 0.436. The Morgan fingerprint density at radius 2 is 1.82 bits per heavy atom. The Morgan fingerprint density at radius 1 is 1.09 bits per heavy atom. The molecule has 4 aromatic rings. The van der Waals surface area contributed by atoms with E-state index < -0.39 is 5.56 Å². The van der Waals surface area contributed by atoms with Crippen molar-refractivity contribution in [2.24, 2.45) is 0 Å². The van der Waals surface area contributed by atoms with Crippen LogP contribution in [0.15, 0.2) is 44.4 Å². The van der Waals surface area contributed by atoms with E-state index in [2.05, 4.69) is 27.0 Å². The Morgan fingerprint density at radius 3 is 2.55 bits per heavy atom. The van der Waals surface area contributed by atoms with Crippen LogP contribution in [0.4, 0.5) is 0 Å². The molecular formula is C24H25N5O4. The van der Waals surface area contributed by atoms with Crippen LogP contribution in [0, 0.1) is 18.8 Å². The number of hydrogen-bond donors (Lipinski definition) is 1. The molecule has 0 unspecified atom stereocenters.